The average Bonchev–Trinajstić information content (AvgIpc) is 2.40. The molecule has 0 unspecified atom stereocenters. The van der Waals surface area contributed by atoms with E-state index in [2.05, 4.69) is 38.7 Å². The number of hydrogen-bond donors (Lipinski definition) is 2. The highest BCUT2D eigenvalue weighted by Gasteiger charge is 2.17. The fraction of sp³-hybridized carbons (Fsp3) is 0.562. The molecule has 0 aromatic heterocycles. The monoisotopic (exact) mass is 261 g/mol. The molecular weight excluding hydrogens is 234 g/mol. The number of benzene rings is 1. The predicted molar refractivity (Wildman–Crippen MR) is 84.2 cm³/mol. The van der Waals surface area contributed by atoms with Crippen LogP contribution < -0.4 is 10.6 Å². The number of rotatable bonds is 7. The van der Waals surface area contributed by atoms with Gasteiger partial charge in [-0.2, -0.15) is 0 Å². The van der Waals surface area contributed by atoms with E-state index in [1.54, 1.807) is 0 Å². The summed E-state index contributed by atoms with van der Waals surface area (Å²) >= 11 is 0. The summed E-state index contributed by atoms with van der Waals surface area (Å²) in [5.41, 5.74) is 8.91. The summed E-state index contributed by atoms with van der Waals surface area (Å²) in [6, 6.07) is 6.01. The molecule has 0 radical (unpaired) electrons. The highest BCUT2D eigenvalue weighted by atomic mass is 15.1. The van der Waals surface area contributed by atoms with Gasteiger partial charge in [0.1, 0.15) is 5.84 Å². The molecule has 19 heavy (non-hydrogen) atoms. The molecule has 0 saturated heterocycles. The first-order chi connectivity index (χ1) is 9.04. The summed E-state index contributed by atoms with van der Waals surface area (Å²) in [5, 5.41) is 7.76. The maximum atomic E-state index is 7.76. The van der Waals surface area contributed by atoms with Crippen LogP contribution in [0.5, 0.6) is 0 Å². The molecule has 0 bridgehead atoms. The van der Waals surface area contributed by atoms with Crippen molar-refractivity contribution in [3.8, 4) is 0 Å². The number of nitrogens with one attached hydrogen (secondary N) is 1. The fourth-order valence-electron chi connectivity index (χ4n) is 2.53. The van der Waals surface area contributed by atoms with Crippen LogP contribution in [0.1, 0.15) is 44.7 Å². The molecule has 0 aliphatic rings. The van der Waals surface area contributed by atoms with E-state index in [0.29, 0.717) is 5.92 Å². The van der Waals surface area contributed by atoms with Gasteiger partial charge in [-0.25, -0.2) is 0 Å². The minimum absolute atomic E-state index is 0.154. The first kappa shape index (κ1) is 15.5. The number of anilines is 1. The lowest BCUT2D eigenvalue weighted by Gasteiger charge is -2.30. The van der Waals surface area contributed by atoms with Crippen molar-refractivity contribution in [1.82, 2.24) is 0 Å². The van der Waals surface area contributed by atoms with Crippen LogP contribution in [0.3, 0.4) is 0 Å². The highest BCUT2D eigenvalue weighted by Crippen LogP contribution is 2.26. The lowest BCUT2D eigenvalue weighted by Crippen LogP contribution is -2.31. The maximum Gasteiger partial charge on any atom is 0.124 e. The Hall–Kier alpha value is -1.51. The molecule has 0 atom stereocenters. The van der Waals surface area contributed by atoms with Gasteiger partial charge in [-0.15, -0.1) is 0 Å². The number of aryl methyl sites for hydroxylation is 1. The third-order valence-electron chi connectivity index (χ3n) is 3.86. The van der Waals surface area contributed by atoms with Crippen LogP contribution in [0.4, 0.5) is 5.69 Å². The van der Waals surface area contributed by atoms with Gasteiger partial charge in [0, 0.05) is 18.7 Å². The zero-order chi connectivity index (χ0) is 14.4. The molecule has 1 aromatic carbocycles. The van der Waals surface area contributed by atoms with E-state index in [1.165, 1.54) is 18.4 Å². The number of para-hydroxylation sites is 1. The van der Waals surface area contributed by atoms with Crippen LogP contribution in [0.2, 0.25) is 0 Å². The van der Waals surface area contributed by atoms with Gasteiger partial charge in [-0.05, 0) is 31.4 Å². The Bertz CT molecular complexity index is 422. The molecule has 1 aromatic rings. The predicted octanol–water partition coefficient (Wildman–Crippen LogP) is 3.54. The van der Waals surface area contributed by atoms with Crippen LogP contribution in [0.15, 0.2) is 18.2 Å². The van der Waals surface area contributed by atoms with Crippen molar-refractivity contribution >= 4 is 11.5 Å². The summed E-state index contributed by atoms with van der Waals surface area (Å²) in [6.45, 7) is 10.7. The lowest BCUT2D eigenvalue weighted by molar-refractivity contribution is 0.486. The number of amidine groups is 1. The van der Waals surface area contributed by atoms with E-state index in [1.807, 2.05) is 12.1 Å². The molecule has 106 valence electrons. The van der Waals surface area contributed by atoms with Crippen LogP contribution >= 0.6 is 0 Å². The van der Waals surface area contributed by atoms with Gasteiger partial charge in [0.15, 0.2) is 0 Å². The SMILES string of the molecule is CCC(CC)CN(CC)c1c(C)cccc1C(=N)N. The van der Waals surface area contributed by atoms with Gasteiger partial charge in [-0.3, -0.25) is 5.41 Å². The van der Waals surface area contributed by atoms with E-state index in [9.17, 15) is 0 Å². The first-order valence-corrected chi connectivity index (χ1v) is 7.23. The zero-order valence-corrected chi connectivity index (χ0v) is 12.7. The second kappa shape index (κ2) is 7.17. The van der Waals surface area contributed by atoms with Crippen molar-refractivity contribution in [2.45, 2.75) is 40.5 Å². The summed E-state index contributed by atoms with van der Waals surface area (Å²) in [7, 11) is 0. The number of nitrogens with two attached hydrogens (primary N) is 1. The van der Waals surface area contributed by atoms with Crippen molar-refractivity contribution in [3.63, 3.8) is 0 Å². The van der Waals surface area contributed by atoms with E-state index >= 15 is 0 Å². The third-order valence-corrected chi connectivity index (χ3v) is 3.86. The van der Waals surface area contributed by atoms with Crippen molar-refractivity contribution in [3.05, 3.63) is 29.3 Å². The Morgan fingerprint density at radius 1 is 1.26 bits per heavy atom. The second-order valence-electron chi connectivity index (χ2n) is 5.11. The quantitative estimate of drug-likeness (QED) is 0.582. The second-order valence-corrected chi connectivity index (χ2v) is 5.11. The van der Waals surface area contributed by atoms with Gasteiger partial charge in [0.2, 0.25) is 0 Å². The van der Waals surface area contributed by atoms with Crippen LogP contribution in [0, 0.1) is 18.3 Å². The van der Waals surface area contributed by atoms with Crippen molar-refractivity contribution < 1.29 is 0 Å². The maximum absolute atomic E-state index is 7.76. The highest BCUT2D eigenvalue weighted by molar-refractivity contribution is 6.01. The van der Waals surface area contributed by atoms with E-state index in [4.69, 9.17) is 11.1 Å². The molecule has 0 amide bonds. The summed E-state index contributed by atoms with van der Waals surface area (Å²) in [4.78, 5) is 2.36. The topological polar surface area (TPSA) is 53.1 Å². The Kier molecular flexibility index (Phi) is 5.87. The van der Waals surface area contributed by atoms with Crippen LogP contribution in [-0.4, -0.2) is 18.9 Å². The van der Waals surface area contributed by atoms with Crippen LogP contribution in [0.25, 0.3) is 0 Å². The Morgan fingerprint density at radius 3 is 2.37 bits per heavy atom. The molecule has 3 N–H and O–H groups in total. The smallest absolute Gasteiger partial charge is 0.124 e. The van der Waals surface area contributed by atoms with Crippen molar-refractivity contribution in [2.24, 2.45) is 11.7 Å². The molecule has 3 nitrogen and oxygen atoms in total. The summed E-state index contributed by atoms with van der Waals surface area (Å²) < 4.78 is 0. The largest absolute Gasteiger partial charge is 0.384 e. The standard InChI is InChI=1S/C16H27N3/c1-5-13(6-2)11-19(7-3)15-12(4)9-8-10-14(15)16(17)18/h8-10,13H,5-7,11H2,1-4H3,(H3,17,18). The van der Waals surface area contributed by atoms with Crippen molar-refractivity contribution in [1.29, 1.82) is 5.41 Å². The first-order valence-electron chi connectivity index (χ1n) is 7.23. The summed E-state index contributed by atoms with van der Waals surface area (Å²) in [5.74, 6) is 0.848. The fourth-order valence-corrected chi connectivity index (χ4v) is 2.53. The summed E-state index contributed by atoms with van der Waals surface area (Å²) in [6.07, 6.45) is 2.38. The van der Waals surface area contributed by atoms with Crippen molar-refractivity contribution in [2.75, 3.05) is 18.0 Å². The van der Waals surface area contributed by atoms with E-state index < -0.39 is 0 Å². The molecule has 1 rings (SSSR count). The Labute approximate surface area is 117 Å². The van der Waals surface area contributed by atoms with Gasteiger partial charge in [-0.1, -0.05) is 38.8 Å². The van der Waals surface area contributed by atoms with Gasteiger partial charge >= 0.3 is 0 Å². The zero-order valence-electron chi connectivity index (χ0n) is 12.7. The molecular formula is C16H27N3. The Balaban J connectivity index is 3.13. The number of nitrogen functional groups attached to an aromatic ring is 1. The average molecular weight is 261 g/mol. The molecule has 3 heteroatoms. The minimum Gasteiger partial charge on any atom is -0.384 e. The number of hydrogen-bond acceptors (Lipinski definition) is 2. The molecule has 0 spiro atoms. The normalized spacial score (nSPS) is 10.8. The molecule has 0 heterocycles. The third kappa shape index (κ3) is 3.72. The number of nitrogens with zero attached hydrogens (tertiary/aromatic N) is 1. The molecule has 0 aliphatic carbocycles. The minimum atomic E-state index is 0.154. The molecule has 0 fully saturated rings. The van der Waals surface area contributed by atoms with E-state index in [0.717, 1.165) is 24.3 Å². The molecule has 0 saturated carbocycles. The van der Waals surface area contributed by atoms with Gasteiger partial charge < -0.3 is 10.6 Å². The van der Waals surface area contributed by atoms with Crippen LogP contribution in [-0.2, 0) is 0 Å². The van der Waals surface area contributed by atoms with E-state index in [-0.39, 0.29) is 5.84 Å². The molecule has 0 aliphatic heterocycles. The lowest BCUT2D eigenvalue weighted by atomic mass is 10.00. The Morgan fingerprint density at radius 2 is 1.89 bits per heavy atom. The van der Waals surface area contributed by atoms with Gasteiger partial charge in [0.05, 0.1) is 5.69 Å². The van der Waals surface area contributed by atoms with Gasteiger partial charge in [0.25, 0.3) is 0 Å².